The van der Waals surface area contributed by atoms with Crippen LogP contribution < -0.4 is 10.1 Å². The molecule has 10 heteroatoms. The Hall–Kier alpha value is -3.37. The smallest absolute Gasteiger partial charge is 0.439 e. The van der Waals surface area contributed by atoms with E-state index in [1.54, 1.807) is 20.3 Å². The fourth-order valence-electron chi connectivity index (χ4n) is 2.90. The quantitative estimate of drug-likeness (QED) is 0.467. The fraction of sp³-hybridized carbons (Fsp3) is 0.238. The van der Waals surface area contributed by atoms with Crippen LogP contribution in [0.25, 0.3) is 11.4 Å². The lowest BCUT2D eigenvalue weighted by atomic mass is 10.2. The van der Waals surface area contributed by atoms with Gasteiger partial charge in [0.1, 0.15) is 12.1 Å². The number of para-hydroxylation sites is 1. The summed E-state index contributed by atoms with van der Waals surface area (Å²) in [6, 6.07) is 14.9. The number of rotatable bonds is 7. The number of hydrogen-bond acceptors (Lipinski definition) is 7. The van der Waals surface area contributed by atoms with Crippen molar-refractivity contribution in [3.05, 3.63) is 60.4 Å². The number of carbonyl (C=O) groups excluding carboxylic acids is 1. The number of anilines is 2. The number of nitrogens with one attached hydrogen (secondary N) is 1. The molecule has 1 heterocycles. The maximum absolute atomic E-state index is 11.6. The van der Waals surface area contributed by atoms with Gasteiger partial charge in [0.2, 0.25) is 5.95 Å². The van der Waals surface area contributed by atoms with Crippen LogP contribution >= 0.6 is 0 Å². The molecular formula is C21H25N5O4S. The van der Waals surface area contributed by atoms with Crippen LogP contribution in [0.4, 0.5) is 16.4 Å². The SMILES string of the molecule is CCOC(=O)N=[SH](C)(O)Cc1cccc(Nc2ncnc(-c3ccccc3OC)n2)c1. The number of nitrogens with zero attached hydrogens (tertiary/aromatic N) is 4. The first-order valence-electron chi connectivity index (χ1n) is 9.57. The lowest BCUT2D eigenvalue weighted by molar-refractivity contribution is 0.164. The summed E-state index contributed by atoms with van der Waals surface area (Å²) in [5.41, 5.74) is 2.30. The largest absolute Gasteiger partial charge is 0.496 e. The molecule has 1 aromatic heterocycles. The molecule has 0 radical (unpaired) electrons. The van der Waals surface area contributed by atoms with Gasteiger partial charge in [-0.2, -0.15) is 9.35 Å². The van der Waals surface area contributed by atoms with Crippen molar-refractivity contribution in [1.29, 1.82) is 0 Å². The molecule has 0 saturated heterocycles. The number of amides is 1. The third kappa shape index (κ3) is 6.30. The molecule has 0 saturated carbocycles. The van der Waals surface area contributed by atoms with E-state index in [9.17, 15) is 9.35 Å². The highest BCUT2D eigenvalue weighted by Gasteiger charge is 2.11. The zero-order chi connectivity index (χ0) is 22.3. The first kappa shape index (κ1) is 22.3. The normalized spacial score (nSPS) is 11.5. The van der Waals surface area contributed by atoms with E-state index in [0.29, 0.717) is 17.5 Å². The van der Waals surface area contributed by atoms with E-state index in [1.165, 1.54) is 6.33 Å². The lowest BCUT2D eigenvalue weighted by Crippen LogP contribution is -2.14. The highest BCUT2D eigenvalue weighted by molar-refractivity contribution is 7.98. The Bertz CT molecular complexity index is 1120. The average molecular weight is 444 g/mol. The predicted molar refractivity (Wildman–Crippen MR) is 122 cm³/mol. The zero-order valence-electron chi connectivity index (χ0n) is 17.5. The minimum Gasteiger partial charge on any atom is -0.496 e. The molecule has 0 spiro atoms. The lowest BCUT2D eigenvalue weighted by Gasteiger charge is -2.18. The van der Waals surface area contributed by atoms with Crippen LogP contribution in [0.5, 0.6) is 5.75 Å². The minimum atomic E-state index is -2.84. The van der Waals surface area contributed by atoms with E-state index >= 15 is 0 Å². The molecular weight excluding hydrogens is 418 g/mol. The molecule has 0 unspecified atom stereocenters. The second-order valence-electron chi connectivity index (χ2n) is 6.70. The molecule has 31 heavy (non-hydrogen) atoms. The van der Waals surface area contributed by atoms with Gasteiger partial charge >= 0.3 is 6.09 Å². The second kappa shape index (κ2) is 10.1. The summed E-state index contributed by atoms with van der Waals surface area (Å²) in [7, 11) is -1.25. The van der Waals surface area contributed by atoms with Crippen LogP contribution in [0.1, 0.15) is 12.5 Å². The van der Waals surface area contributed by atoms with Crippen LogP contribution in [0.3, 0.4) is 0 Å². The van der Waals surface area contributed by atoms with E-state index in [1.807, 2.05) is 48.5 Å². The van der Waals surface area contributed by atoms with Gasteiger partial charge in [0, 0.05) is 11.4 Å². The number of benzene rings is 2. The molecule has 0 aliphatic carbocycles. The van der Waals surface area contributed by atoms with Crippen LogP contribution in [0, 0.1) is 0 Å². The third-order valence-electron chi connectivity index (χ3n) is 4.15. The molecule has 0 aliphatic rings. The highest BCUT2D eigenvalue weighted by Crippen LogP contribution is 2.27. The molecule has 0 bridgehead atoms. The number of ether oxygens (including phenoxy) is 2. The van der Waals surface area contributed by atoms with Gasteiger partial charge in [-0.05, 0) is 43.0 Å². The molecule has 3 aromatic rings. The van der Waals surface area contributed by atoms with Gasteiger partial charge in [0.25, 0.3) is 0 Å². The minimum absolute atomic E-state index is 0.213. The van der Waals surface area contributed by atoms with Gasteiger partial charge in [-0.3, -0.25) is 0 Å². The van der Waals surface area contributed by atoms with Crippen molar-refractivity contribution in [2.24, 2.45) is 4.36 Å². The third-order valence-corrected chi connectivity index (χ3v) is 5.71. The molecule has 164 valence electrons. The molecule has 3 rings (SSSR count). The summed E-state index contributed by atoms with van der Waals surface area (Å²) in [6.45, 7) is 1.90. The second-order valence-corrected chi connectivity index (χ2v) is 9.40. The molecule has 2 aromatic carbocycles. The maximum Gasteiger partial charge on any atom is 0.439 e. The summed E-state index contributed by atoms with van der Waals surface area (Å²) < 4.78 is 24.5. The van der Waals surface area contributed by atoms with E-state index in [2.05, 4.69) is 24.6 Å². The van der Waals surface area contributed by atoms with Gasteiger partial charge in [-0.15, -0.1) is 0 Å². The standard InChI is InChI=1S/C21H25N5O4S/c1-4-30-21(27)26-31(3,28)13-15-8-7-9-16(12-15)24-20-23-14-22-19(25-20)17-10-5-6-11-18(17)29-2/h5-12,14,31H,4,13H2,1-3H3,(H,26,27,28)(H,22,23,24,25). The first-order valence-corrected chi connectivity index (χ1v) is 11.9. The number of hydrogen-bond donors (Lipinski definition) is 3. The fourth-order valence-corrected chi connectivity index (χ4v) is 4.27. The van der Waals surface area contributed by atoms with Crippen molar-refractivity contribution in [3.63, 3.8) is 0 Å². The van der Waals surface area contributed by atoms with E-state index in [0.717, 1.165) is 16.8 Å². The Morgan fingerprint density at radius 2 is 2.00 bits per heavy atom. The van der Waals surface area contributed by atoms with Gasteiger partial charge in [0.05, 0.1) is 19.3 Å². The average Bonchev–Trinajstić information content (AvgIpc) is 2.73. The Morgan fingerprint density at radius 1 is 1.19 bits per heavy atom. The van der Waals surface area contributed by atoms with Crippen molar-refractivity contribution >= 4 is 27.8 Å². The van der Waals surface area contributed by atoms with Crippen molar-refractivity contribution in [2.45, 2.75) is 12.7 Å². The van der Waals surface area contributed by atoms with E-state index < -0.39 is 16.2 Å². The molecule has 9 nitrogen and oxygen atoms in total. The Labute approximate surface area is 181 Å². The van der Waals surface area contributed by atoms with Crippen LogP contribution in [-0.2, 0) is 20.6 Å². The summed E-state index contributed by atoms with van der Waals surface area (Å²) in [4.78, 5) is 24.5. The first-order chi connectivity index (χ1) is 14.9. The Morgan fingerprint density at radius 3 is 2.77 bits per heavy atom. The van der Waals surface area contributed by atoms with E-state index in [4.69, 9.17) is 9.47 Å². The van der Waals surface area contributed by atoms with Crippen molar-refractivity contribution in [1.82, 2.24) is 15.0 Å². The predicted octanol–water partition coefficient (Wildman–Crippen LogP) is 4.12. The molecule has 0 fully saturated rings. The molecule has 0 atom stereocenters. The Kier molecular flexibility index (Phi) is 7.27. The van der Waals surface area contributed by atoms with Gasteiger partial charge in [-0.25, -0.2) is 14.8 Å². The monoisotopic (exact) mass is 443 g/mol. The molecule has 1 amide bonds. The molecule has 2 N–H and O–H groups in total. The Balaban J connectivity index is 1.79. The summed E-state index contributed by atoms with van der Waals surface area (Å²) in [5, 5.41) is 3.14. The van der Waals surface area contributed by atoms with Crippen molar-refractivity contribution in [2.75, 3.05) is 25.3 Å². The topological polar surface area (TPSA) is 119 Å². The van der Waals surface area contributed by atoms with Crippen LogP contribution in [0.2, 0.25) is 0 Å². The van der Waals surface area contributed by atoms with Gasteiger partial charge < -0.3 is 19.3 Å². The number of aromatic nitrogens is 3. The maximum atomic E-state index is 11.6. The van der Waals surface area contributed by atoms with Gasteiger partial charge in [0.15, 0.2) is 5.82 Å². The number of carbonyl (C=O) groups is 1. The van der Waals surface area contributed by atoms with Gasteiger partial charge in [-0.1, -0.05) is 34.4 Å². The summed E-state index contributed by atoms with van der Waals surface area (Å²) in [6.07, 6.45) is 2.24. The van der Waals surface area contributed by atoms with Crippen LogP contribution in [-0.4, -0.2) is 45.6 Å². The van der Waals surface area contributed by atoms with E-state index in [-0.39, 0.29) is 12.4 Å². The zero-order valence-corrected chi connectivity index (χ0v) is 18.4. The summed E-state index contributed by atoms with van der Waals surface area (Å²) in [5.74, 6) is 1.75. The van der Waals surface area contributed by atoms with Crippen LogP contribution in [0.15, 0.2) is 59.2 Å². The molecule has 0 aliphatic heterocycles. The number of methoxy groups -OCH3 is 1. The van der Waals surface area contributed by atoms with Crippen molar-refractivity contribution in [3.8, 4) is 17.1 Å². The van der Waals surface area contributed by atoms with Crippen molar-refractivity contribution < 1.29 is 18.8 Å². The number of thiol groups is 1. The highest BCUT2D eigenvalue weighted by atomic mass is 32.3. The summed E-state index contributed by atoms with van der Waals surface area (Å²) >= 11 is 0.